The van der Waals surface area contributed by atoms with Crippen molar-refractivity contribution < 1.29 is 41.4 Å². The lowest BCUT2D eigenvalue weighted by Gasteiger charge is -2.40. The Kier molecular flexibility index (Phi) is 7.68. The molecule has 1 amide bonds. The zero-order valence-electron chi connectivity index (χ0n) is 23.1. The van der Waals surface area contributed by atoms with Crippen LogP contribution < -0.4 is 16.4 Å². The van der Waals surface area contributed by atoms with E-state index < -0.39 is 76.7 Å². The number of primary amides is 1. The van der Waals surface area contributed by atoms with E-state index >= 15 is 13.2 Å². The van der Waals surface area contributed by atoms with Crippen molar-refractivity contribution in [3.63, 3.8) is 0 Å². The summed E-state index contributed by atoms with van der Waals surface area (Å²) in [6.07, 6.45) is -4.24. The molecule has 1 aromatic carbocycles. The summed E-state index contributed by atoms with van der Waals surface area (Å²) in [6.45, 7) is 2.08. The van der Waals surface area contributed by atoms with Gasteiger partial charge in [0.2, 0.25) is 0 Å². The molecular weight excluding hydrogens is 580 g/mol. The topological polar surface area (TPSA) is 139 Å². The zero-order valence-corrected chi connectivity index (χ0v) is 23.1. The van der Waals surface area contributed by atoms with Crippen molar-refractivity contribution in [2.75, 3.05) is 18.0 Å². The summed E-state index contributed by atoms with van der Waals surface area (Å²) < 4.78 is 87.4. The maximum Gasteiger partial charge on any atom is 0.393 e. The number of alkyl halides is 3. The van der Waals surface area contributed by atoms with Crippen LogP contribution in [0.25, 0.3) is 22.4 Å². The van der Waals surface area contributed by atoms with E-state index in [2.05, 4.69) is 9.97 Å². The molecule has 14 heteroatoms. The van der Waals surface area contributed by atoms with E-state index in [9.17, 15) is 28.2 Å². The van der Waals surface area contributed by atoms with Crippen LogP contribution in [0.4, 0.5) is 32.0 Å². The highest BCUT2D eigenvalue weighted by atomic mass is 19.4. The Bertz CT molecular complexity index is 1580. The number of aliphatic hydroxyl groups excluding tert-OH is 1. The molecular formula is C29H29F6N5O3. The van der Waals surface area contributed by atoms with Gasteiger partial charge in [0.15, 0.2) is 0 Å². The third-order valence-electron chi connectivity index (χ3n) is 7.91. The summed E-state index contributed by atoms with van der Waals surface area (Å²) in [4.78, 5) is 22.2. The van der Waals surface area contributed by atoms with E-state index in [4.69, 9.17) is 11.5 Å². The van der Waals surface area contributed by atoms with Crippen molar-refractivity contribution in [3.8, 4) is 22.4 Å². The van der Waals surface area contributed by atoms with Gasteiger partial charge < -0.3 is 26.6 Å². The van der Waals surface area contributed by atoms with Gasteiger partial charge in [-0.05, 0) is 56.9 Å². The molecule has 5 rings (SSSR count). The number of carbonyl (C=O) groups is 1. The number of halogens is 6. The number of pyridine rings is 2. The van der Waals surface area contributed by atoms with Gasteiger partial charge in [0.1, 0.15) is 28.8 Å². The van der Waals surface area contributed by atoms with Crippen LogP contribution in [-0.4, -0.2) is 51.4 Å². The molecule has 8 nitrogen and oxygen atoms in total. The second-order valence-electron chi connectivity index (χ2n) is 11.5. The summed E-state index contributed by atoms with van der Waals surface area (Å²) in [6, 6.07) is 1.51. The largest absolute Gasteiger partial charge is 0.393 e. The summed E-state index contributed by atoms with van der Waals surface area (Å²) in [5.41, 5.74) is 7.96. The maximum absolute atomic E-state index is 15.7. The number of nitrogens with two attached hydrogens (primary N) is 2. The van der Waals surface area contributed by atoms with Crippen LogP contribution in [0.2, 0.25) is 0 Å². The third kappa shape index (κ3) is 5.66. The number of piperidine rings is 1. The highest BCUT2D eigenvalue weighted by Gasteiger charge is 2.45. The molecule has 0 spiro atoms. The van der Waals surface area contributed by atoms with Crippen LogP contribution in [0.15, 0.2) is 24.4 Å². The van der Waals surface area contributed by atoms with Crippen LogP contribution in [0.3, 0.4) is 0 Å². The number of benzene rings is 1. The number of aliphatic hydroxyl groups is 2. The molecule has 2 aliphatic rings. The van der Waals surface area contributed by atoms with Gasteiger partial charge >= 0.3 is 6.18 Å². The molecule has 6 N–H and O–H groups in total. The minimum Gasteiger partial charge on any atom is -0.387 e. The van der Waals surface area contributed by atoms with Crippen LogP contribution in [0.5, 0.6) is 0 Å². The summed E-state index contributed by atoms with van der Waals surface area (Å²) >= 11 is 0. The molecule has 1 aliphatic carbocycles. The van der Waals surface area contributed by atoms with Crippen molar-refractivity contribution in [1.29, 1.82) is 0 Å². The first-order chi connectivity index (χ1) is 20.0. The van der Waals surface area contributed by atoms with Gasteiger partial charge in [-0.25, -0.2) is 18.2 Å². The molecule has 0 radical (unpaired) electrons. The van der Waals surface area contributed by atoms with Gasteiger partial charge in [-0.1, -0.05) is 0 Å². The van der Waals surface area contributed by atoms with Crippen LogP contribution in [0, 0.1) is 23.4 Å². The number of hydrogen-bond donors (Lipinski definition) is 4. The minimum atomic E-state index is -4.56. The van der Waals surface area contributed by atoms with Gasteiger partial charge in [0.25, 0.3) is 5.91 Å². The normalized spacial score (nSPS) is 20.8. The molecule has 1 fully saturated rings. The summed E-state index contributed by atoms with van der Waals surface area (Å²) in [5, 5.41) is 20.6. The fourth-order valence-corrected chi connectivity index (χ4v) is 5.83. The molecule has 0 bridgehead atoms. The van der Waals surface area contributed by atoms with Gasteiger partial charge in [-0.3, -0.25) is 9.78 Å². The number of carbonyl (C=O) groups excluding carboxylic acids is 1. The fraction of sp³-hybridized carbons (Fsp3) is 0.414. The first-order valence-electron chi connectivity index (χ1n) is 13.5. The molecule has 43 heavy (non-hydrogen) atoms. The summed E-state index contributed by atoms with van der Waals surface area (Å²) in [7, 11) is 0. The molecule has 1 unspecified atom stereocenters. The summed E-state index contributed by atoms with van der Waals surface area (Å²) in [5.74, 6) is -6.78. The highest BCUT2D eigenvalue weighted by molar-refractivity contribution is 6.00. The number of amides is 1. The van der Waals surface area contributed by atoms with Crippen LogP contribution >= 0.6 is 0 Å². The van der Waals surface area contributed by atoms with E-state index in [1.165, 1.54) is 24.9 Å². The lowest BCUT2D eigenvalue weighted by molar-refractivity contribution is -0.177. The Balaban J connectivity index is 1.72. The van der Waals surface area contributed by atoms with Crippen molar-refractivity contribution in [3.05, 3.63) is 64.4 Å². The second kappa shape index (κ2) is 10.8. The number of nitrogens with zero attached hydrogens (tertiary/aromatic N) is 3. The predicted octanol–water partition coefficient (Wildman–Crippen LogP) is 4.25. The number of aromatic nitrogens is 2. The average Bonchev–Trinajstić information content (AvgIpc) is 3.27. The molecule has 2 aromatic heterocycles. The van der Waals surface area contributed by atoms with E-state index in [-0.39, 0.29) is 53.9 Å². The van der Waals surface area contributed by atoms with E-state index in [1.807, 2.05) is 0 Å². The monoisotopic (exact) mass is 609 g/mol. The van der Waals surface area contributed by atoms with Crippen LogP contribution in [-0.2, 0) is 12.0 Å². The molecule has 1 saturated heterocycles. The highest BCUT2D eigenvalue weighted by Crippen LogP contribution is 2.45. The van der Waals surface area contributed by atoms with Crippen molar-refractivity contribution in [2.24, 2.45) is 17.4 Å². The van der Waals surface area contributed by atoms with E-state index in [1.54, 1.807) is 0 Å². The average molecular weight is 610 g/mol. The van der Waals surface area contributed by atoms with Crippen molar-refractivity contribution in [2.45, 2.75) is 57.0 Å². The SMILES string of the molecule is CC(C)(O)c1cc(F)c(-c2nc(C(N)=O)c(-c3cnc4c(c3N3C[C@@H](N)C[C@@H](C(F)(F)F)C3)CCC4O)cc2F)c(F)c1. The van der Waals surface area contributed by atoms with Gasteiger partial charge in [-0.2, -0.15) is 13.2 Å². The molecule has 3 aromatic rings. The van der Waals surface area contributed by atoms with Gasteiger partial charge in [0.05, 0.1) is 34.6 Å². The molecule has 3 heterocycles. The molecule has 1 aliphatic heterocycles. The first-order valence-corrected chi connectivity index (χ1v) is 13.5. The van der Waals surface area contributed by atoms with Crippen molar-refractivity contribution in [1.82, 2.24) is 9.97 Å². The van der Waals surface area contributed by atoms with E-state index in [0.717, 1.165) is 18.2 Å². The quantitative estimate of drug-likeness (QED) is 0.318. The van der Waals surface area contributed by atoms with Crippen LogP contribution in [0.1, 0.15) is 60.1 Å². The Hall–Kier alpha value is -3.75. The molecule has 230 valence electrons. The fourth-order valence-electron chi connectivity index (χ4n) is 5.83. The Morgan fingerprint density at radius 3 is 2.28 bits per heavy atom. The Morgan fingerprint density at radius 1 is 1.05 bits per heavy atom. The second-order valence-corrected chi connectivity index (χ2v) is 11.5. The lowest BCUT2D eigenvalue weighted by Crippen LogP contribution is -2.51. The number of anilines is 1. The zero-order chi connectivity index (χ0) is 31.6. The maximum atomic E-state index is 15.7. The number of rotatable bonds is 5. The molecule has 0 saturated carbocycles. The third-order valence-corrected chi connectivity index (χ3v) is 7.91. The number of fused-ring (bicyclic) bond motifs is 1. The Morgan fingerprint density at radius 2 is 1.70 bits per heavy atom. The minimum absolute atomic E-state index is 0.00653. The number of hydrogen-bond acceptors (Lipinski definition) is 7. The van der Waals surface area contributed by atoms with Gasteiger partial charge in [-0.15, -0.1) is 0 Å². The first kappa shape index (κ1) is 30.7. The predicted molar refractivity (Wildman–Crippen MR) is 144 cm³/mol. The molecule has 3 atom stereocenters. The Labute approximate surface area is 242 Å². The van der Waals surface area contributed by atoms with Gasteiger partial charge in [0, 0.05) is 42.0 Å². The standard InChI is InChI=1S/C29H29F6N5O3/c1-28(2,43)12-6-18(30)22(19(31)7-12)25-20(32)8-16(24(39-25)27(37)42)17-9-38-23-15(3-4-21(23)41)26(17)40-10-13(29(33,34)35)5-14(36)11-40/h6-9,13-14,21,41,43H,3-5,10-11,36H2,1-2H3,(H2,37,42)/t13-,14+,21?/m1/s1. The van der Waals surface area contributed by atoms with Crippen molar-refractivity contribution >= 4 is 11.6 Å². The van der Waals surface area contributed by atoms with E-state index in [0.29, 0.717) is 5.56 Å². The smallest absolute Gasteiger partial charge is 0.387 e. The lowest BCUT2D eigenvalue weighted by atomic mass is 9.91.